The zero-order valence-electron chi connectivity index (χ0n) is 16.0. The van der Waals surface area contributed by atoms with Gasteiger partial charge in [-0.25, -0.2) is 0 Å². The smallest absolute Gasteiger partial charge is 0.186 e. The molecule has 5 nitrogen and oxygen atoms in total. The minimum atomic E-state index is -0.488. The van der Waals surface area contributed by atoms with Crippen LogP contribution in [0.2, 0.25) is 0 Å². The molecule has 1 aliphatic rings. The third-order valence-corrected chi connectivity index (χ3v) is 4.69. The highest BCUT2D eigenvalue weighted by molar-refractivity contribution is 5.14. The van der Waals surface area contributed by atoms with Gasteiger partial charge in [0.15, 0.2) is 6.29 Å². The Morgan fingerprint density at radius 3 is 2.07 bits per heavy atom. The SMILES string of the molecule is COC1CC(COCc2ccccc2)O[C@H](OC)C1OCc1ccccc1. The van der Waals surface area contributed by atoms with E-state index in [4.69, 9.17) is 23.7 Å². The lowest BCUT2D eigenvalue weighted by Gasteiger charge is -2.40. The second kappa shape index (κ2) is 10.5. The molecule has 0 aromatic heterocycles. The molecule has 3 unspecified atom stereocenters. The third kappa shape index (κ3) is 5.86. The summed E-state index contributed by atoms with van der Waals surface area (Å²) in [5, 5.41) is 0. The Balaban J connectivity index is 1.52. The fourth-order valence-corrected chi connectivity index (χ4v) is 3.25. The number of rotatable bonds is 9. The maximum atomic E-state index is 6.08. The quantitative estimate of drug-likeness (QED) is 0.673. The topological polar surface area (TPSA) is 46.2 Å². The van der Waals surface area contributed by atoms with Crippen molar-refractivity contribution < 1.29 is 23.7 Å². The fraction of sp³-hybridized carbons (Fsp3) is 0.455. The second-order valence-corrected chi connectivity index (χ2v) is 6.63. The van der Waals surface area contributed by atoms with Gasteiger partial charge in [-0.1, -0.05) is 60.7 Å². The summed E-state index contributed by atoms with van der Waals surface area (Å²) in [7, 11) is 3.33. The van der Waals surface area contributed by atoms with Crippen molar-refractivity contribution >= 4 is 0 Å². The molecule has 1 aliphatic heterocycles. The van der Waals surface area contributed by atoms with Crippen molar-refractivity contribution in [2.45, 2.75) is 44.2 Å². The zero-order chi connectivity index (χ0) is 18.9. The summed E-state index contributed by atoms with van der Waals surface area (Å²) in [6, 6.07) is 20.2. The molecule has 1 saturated heterocycles. The van der Waals surface area contributed by atoms with Gasteiger partial charge in [0.05, 0.1) is 32.0 Å². The lowest BCUT2D eigenvalue weighted by Crippen LogP contribution is -2.52. The number of benzene rings is 2. The number of methoxy groups -OCH3 is 2. The van der Waals surface area contributed by atoms with Gasteiger partial charge in [0, 0.05) is 20.6 Å². The van der Waals surface area contributed by atoms with Gasteiger partial charge < -0.3 is 23.7 Å². The molecule has 5 heteroatoms. The molecule has 3 rings (SSSR count). The van der Waals surface area contributed by atoms with Gasteiger partial charge in [-0.15, -0.1) is 0 Å². The van der Waals surface area contributed by atoms with Crippen LogP contribution >= 0.6 is 0 Å². The van der Waals surface area contributed by atoms with Gasteiger partial charge in [-0.05, 0) is 11.1 Å². The highest BCUT2D eigenvalue weighted by Crippen LogP contribution is 2.26. The molecule has 0 spiro atoms. The minimum absolute atomic E-state index is 0.0970. The second-order valence-electron chi connectivity index (χ2n) is 6.63. The molecule has 0 radical (unpaired) electrons. The highest BCUT2D eigenvalue weighted by Gasteiger charge is 2.40. The summed E-state index contributed by atoms with van der Waals surface area (Å²) in [5.41, 5.74) is 2.25. The molecule has 0 N–H and O–H groups in total. The predicted molar refractivity (Wildman–Crippen MR) is 102 cm³/mol. The lowest BCUT2D eigenvalue weighted by molar-refractivity contribution is -0.281. The van der Waals surface area contributed by atoms with E-state index in [1.165, 1.54) is 0 Å². The van der Waals surface area contributed by atoms with Crippen LogP contribution < -0.4 is 0 Å². The number of hydrogen-bond donors (Lipinski definition) is 0. The van der Waals surface area contributed by atoms with Gasteiger partial charge >= 0.3 is 0 Å². The number of hydrogen-bond acceptors (Lipinski definition) is 5. The summed E-state index contributed by atoms with van der Waals surface area (Å²) in [5.74, 6) is 0. The van der Waals surface area contributed by atoms with E-state index in [-0.39, 0.29) is 18.3 Å². The van der Waals surface area contributed by atoms with E-state index in [1.54, 1.807) is 14.2 Å². The van der Waals surface area contributed by atoms with Gasteiger partial charge in [0.25, 0.3) is 0 Å². The zero-order valence-corrected chi connectivity index (χ0v) is 16.0. The Hall–Kier alpha value is -1.76. The van der Waals surface area contributed by atoms with Crippen molar-refractivity contribution in [2.75, 3.05) is 20.8 Å². The fourth-order valence-electron chi connectivity index (χ4n) is 3.25. The van der Waals surface area contributed by atoms with Crippen LogP contribution in [0.25, 0.3) is 0 Å². The highest BCUT2D eigenvalue weighted by atomic mass is 16.7. The standard InChI is InChI=1S/C22H28O5/c1-23-20-13-19(16-25-14-17-9-5-3-6-10-17)27-22(24-2)21(20)26-15-18-11-7-4-8-12-18/h3-12,19-22H,13-16H2,1-2H3/t19?,20?,21?,22-/m0/s1. The van der Waals surface area contributed by atoms with Crippen molar-refractivity contribution in [3.8, 4) is 0 Å². The molecular formula is C22H28O5. The minimum Gasteiger partial charge on any atom is -0.378 e. The van der Waals surface area contributed by atoms with Crippen LogP contribution in [0.1, 0.15) is 17.5 Å². The van der Waals surface area contributed by atoms with Crippen LogP contribution in [0.3, 0.4) is 0 Å². The Kier molecular flexibility index (Phi) is 7.80. The molecule has 2 aromatic rings. The normalized spacial score (nSPS) is 25.4. The van der Waals surface area contributed by atoms with Gasteiger partial charge in [0.2, 0.25) is 0 Å². The van der Waals surface area contributed by atoms with E-state index in [0.717, 1.165) is 11.1 Å². The third-order valence-electron chi connectivity index (χ3n) is 4.69. The summed E-state index contributed by atoms with van der Waals surface area (Å²) >= 11 is 0. The van der Waals surface area contributed by atoms with Gasteiger partial charge in [-0.3, -0.25) is 0 Å². The monoisotopic (exact) mass is 372 g/mol. The summed E-state index contributed by atoms with van der Waals surface area (Å²) in [4.78, 5) is 0. The van der Waals surface area contributed by atoms with E-state index in [2.05, 4.69) is 0 Å². The maximum Gasteiger partial charge on any atom is 0.186 e. The molecule has 146 valence electrons. The Labute approximate surface area is 161 Å². The van der Waals surface area contributed by atoms with Gasteiger partial charge in [0.1, 0.15) is 6.10 Å². The lowest BCUT2D eigenvalue weighted by atomic mass is 10.0. The number of ether oxygens (including phenoxy) is 5. The molecule has 4 atom stereocenters. The molecule has 27 heavy (non-hydrogen) atoms. The predicted octanol–water partition coefficient (Wildman–Crippen LogP) is 3.57. The molecule has 1 fully saturated rings. The van der Waals surface area contributed by atoms with Crippen molar-refractivity contribution in [3.63, 3.8) is 0 Å². The van der Waals surface area contributed by atoms with Crippen molar-refractivity contribution in [1.82, 2.24) is 0 Å². The molecule has 0 bridgehead atoms. The van der Waals surface area contributed by atoms with Crippen LogP contribution in [-0.2, 0) is 36.9 Å². The first-order valence-electron chi connectivity index (χ1n) is 9.28. The summed E-state index contributed by atoms with van der Waals surface area (Å²) in [6.45, 7) is 1.54. The van der Waals surface area contributed by atoms with E-state index in [1.807, 2.05) is 60.7 Å². The van der Waals surface area contributed by atoms with E-state index in [0.29, 0.717) is 26.2 Å². The van der Waals surface area contributed by atoms with Gasteiger partial charge in [-0.2, -0.15) is 0 Å². The van der Waals surface area contributed by atoms with E-state index < -0.39 is 6.29 Å². The largest absolute Gasteiger partial charge is 0.378 e. The van der Waals surface area contributed by atoms with Crippen LogP contribution in [0.5, 0.6) is 0 Å². The van der Waals surface area contributed by atoms with Crippen molar-refractivity contribution in [3.05, 3.63) is 71.8 Å². The maximum absolute atomic E-state index is 6.08. The molecule has 0 saturated carbocycles. The molecule has 0 aliphatic carbocycles. The van der Waals surface area contributed by atoms with Crippen LogP contribution in [-0.4, -0.2) is 45.4 Å². The van der Waals surface area contributed by atoms with Crippen LogP contribution in [0.15, 0.2) is 60.7 Å². The van der Waals surface area contributed by atoms with Crippen LogP contribution in [0, 0.1) is 0 Å². The Morgan fingerprint density at radius 2 is 1.48 bits per heavy atom. The summed E-state index contributed by atoms with van der Waals surface area (Å²) in [6.07, 6.45) is -0.286. The Morgan fingerprint density at radius 1 is 0.852 bits per heavy atom. The van der Waals surface area contributed by atoms with Crippen LogP contribution in [0.4, 0.5) is 0 Å². The van der Waals surface area contributed by atoms with Crippen molar-refractivity contribution in [2.24, 2.45) is 0 Å². The van der Waals surface area contributed by atoms with E-state index >= 15 is 0 Å². The molecule has 1 heterocycles. The molecule has 0 amide bonds. The first-order valence-corrected chi connectivity index (χ1v) is 9.28. The average Bonchev–Trinajstić information content (AvgIpc) is 2.73. The molecular weight excluding hydrogens is 344 g/mol. The van der Waals surface area contributed by atoms with Crippen molar-refractivity contribution in [1.29, 1.82) is 0 Å². The first kappa shape index (κ1) is 20.0. The molecule has 2 aromatic carbocycles. The average molecular weight is 372 g/mol. The summed E-state index contributed by atoms with van der Waals surface area (Å²) < 4.78 is 29.2. The first-order chi connectivity index (χ1) is 13.3. The Bertz CT molecular complexity index is 634. The van der Waals surface area contributed by atoms with E-state index in [9.17, 15) is 0 Å².